The second-order valence-corrected chi connectivity index (χ2v) is 4.97. The summed E-state index contributed by atoms with van der Waals surface area (Å²) in [6.07, 6.45) is 4.46. The molecule has 0 radical (unpaired) electrons. The van der Waals surface area contributed by atoms with Gasteiger partial charge in [-0.3, -0.25) is 9.59 Å². The first-order valence-electron chi connectivity index (χ1n) is 6.50. The predicted octanol–water partition coefficient (Wildman–Crippen LogP) is -0.148. The summed E-state index contributed by atoms with van der Waals surface area (Å²) in [5.74, 6) is -0.141. The molecular formula is C12H21N3O2. The fraction of sp³-hybridized carbons (Fsp3) is 0.833. The molecule has 2 rings (SSSR count). The van der Waals surface area contributed by atoms with Crippen LogP contribution in [0.4, 0.5) is 0 Å². The standard InChI is InChI=1S/C12H21N3O2/c13-11(16)10-3-1-2-8-15(10)12(17)9-4-6-14-7-5-9/h9-10,14H,1-8H2,(H2,13,16). The minimum atomic E-state index is -0.369. The summed E-state index contributed by atoms with van der Waals surface area (Å²) in [4.78, 5) is 25.5. The lowest BCUT2D eigenvalue weighted by Crippen LogP contribution is -2.53. The summed E-state index contributed by atoms with van der Waals surface area (Å²) in [5, 5.41) is 3.24. The van der Waals surface area contributed by atoms with Crippen LogP contribution in [0.3, 0.4) is 0 Å². The van der Waals surface area contributed by atoms with E-state index in [1.807, 2.05) is 0 Å². The van der Waals surface area contributed by atoms with Crippen molar-refractivity contribution in [1.82, 2.24) is 10.2 Å². The number of carbonyl (C=O) groups excluding carboxylic acids is 2. The smallest absolute Gasteiger partial charge is 0.240 e. The number of hydrogen-bond acceptors (Lipinski definition) is 3. The van der Waals surface area contributed by atoms with Gasteiger partial charge in [0.05, 0.1) is 0 Å². The van der Waals surface area contributed by atoms with Crippen molar-refractivity contribution < 1.29 is 9.59 Å². The van der Waals surface area contributed by atoms with Crippen LogP contribution in [0, 0.1) is 5.92 Å². The van der Waals surface area contributed by atoms with Crippen molar-refractivity contribution >= 4 is 11.8 Å². The molecule has 2 saturated heterocycles. The van der Waals surface area contributed by atoms with Gasteiger partial charge in [-0.05, 0) is 45.2 Å². The van der Waals surface area contributed by atoms with Gasteiger partial charge in [0.25, 0.3) is 0 Å². The topological polar surface area (TPSA) is 75.4 Å². The Hall–Kier alpha value is -1.10. The Labute approximate surface area is 102 Å². The SMILES string of the molecule is NC(=O)C1CCCCN1C(=O)C1CCNCC1. The first-order chi connectivity index (χ1) is 8.20. The molecule has 3 N–H and O–H groups in total. The second kappa shape index (κ2) is 5.49. The molecule has 5 heteroatoms. The van der Waals surface area contributed by atoms with E-state index in [2.05, 4.69) is 5.32 Å². The predicted molar refractivity (Wildman–Crippen MR) is 64.1 cm³/mol. The molecule has 1 unspecified atom stereocenters. The van der Waals surface area contributed by atoms with E-state index in [9.17, 15) is 9.59 Å². The summed E-state index contributed by atoms with van der Waals surface area (Å²) in [5.41, 5.74) is 5.38. The third-order valence-electron chi connectivity index (χ3n) is 3.80. The average molecular weight is 239 g/mol. The van der Waals surface area contributed by atoms with Gasteiger partial charge in [0.2, 0.25) is 11.8 Å². The van der Waals surface area contributed by atoms with Crippen LogP contribution in [-0.4, -0.2) is 42.4 Å². The molecule has 0 saturated carbocycles. The van der Waals surface area contributed by atoms with E-state index in [0.717, 1.165) is 45.2 Å². The summed E-state index contributed by atoms with van der Waals surface area (Å²) in [7, 11) is 0. The maximum atomic E-state index is 12.4. The fourth-order valence-electron chi connectivity index (χ4n) is 2.79. The van der Waals surface area contributed by atoms with E-state index in [-0.39, 0.29) is 23.8 Å². The zero-order valence-corrected chi connectivity index (χ0v) is 10.2. The van der Waals surface area contributed by atoms with Crippen molar-refractivity contribution in [2.45, 2.75) is 38.1 Å². The van der Waals surface area contributed by atoms with Crippen molar-refractivity contribution in [2.24, 2.45) is 11.7 Å². The Balaban J connectivity index is 2.02. The van der Waals surface area contributed by atoms with Crippen LogP contribution in [-0.2, 0) is 9.59 Å². The molecule has 96 valence electrons. The molecule has 5 nitrogen and oxygen atoms in total. The van der Waals surface area contributed by atoms with Gasteiger partial charge < -0.3 is 16.0 Å². The van der Waals surface area contributed by atoms with Gasteiger partial charge in [-0.25, -0.2) is 0 Å². The molecule has 0 spiro atoms. The summed E-state index contributed by atoms with van der Waals surface area (Å²) in [6.45, 7) is 2.48. The summed E-state index contributed by atoms with van der Waals surface area (Å²) in [6, 6.07) is -0.369. The molecular weight excluding hydrogens is 218 g/mol. The first kappa shape index (κ1) is 12.4. The van der Waals surface area contributed by atoms with Crippen molar-refractivity contribution in [2.75, 3.05) is 19.6 Å². The van der Waals surface area contributed by atoms with E-state index in [4.69, 9.17) is 5.73 Å². The Kier molecular flexibility index (Phi) is 3.99. The highest BCUT2D eigenvalue weighted by Gasteiger charge is 2.34. The lowest BCUT2D eigenvalue weighted by molar-refractivity contribution is -0.145. The Morgan fingerprint density at radius 3 is 2.47 bits per heavy atom. The number of amides is 2. The van der Waals surface area contributed by atoms with Crippen LogP contribution in [0.25, 0.3) is 0 Å². The van der Waals surface area contributed by atoms with Gasteiger partial charge in [0.15, 0.2) is 0 Å². The average Bonchev–Trinajstić information content (AvgIpc) is 2.39. The van der Waals surface area contributed by atoms with Crippen LogP contribution < -0.4 is 11.1 Å². The van der Waals surface area contributed by atoms with Crippen molar-refractivity contribution in [1.29, 1.82) is 0 Å². The van der Waals surface area contributed by atoms with Crippen LogP contribution >= 0.6 is 0 Å². The maximum Gasteiger partial charge on any atom is 0.240 e. The minimum absolute atomic E-state index is 0.0798. The first-order valence-corrected chi connectivity index (χ1v) is 6.50. The number of nitrogens with one attached hydrogen (secondary N) is 1. The number of hydrogen-bond donors (Lipinski definition) is 2. The van der Waals surface area contributed by atoms with E-state index in [0.29, 0.717) is 6.54 Å². The maximum absolute atomic E-state index is 12.4. The fourth-order valence-corrected chi connectivity index (χ4v) is 2.79. The number of piperidine rings is 2. The number of rotatable bonds is 2. The third-order valence-corrected chi connectivity index (χ3v) is 3.80. The molecule has 2 fully saturated rings. The van der Waals surface area contributed by atoms with Crippen molar-refractivity contribution in [3.05, 3.63) is 0 Å². The highest BCUT2D eigenvalue weighted by Crippen LogP contribution is 2.22. The molecule has 2 amide bonds. The summed E-state index contributed by atoms with van der Waals surface area (Å²) >= 11 is 0. The molecule has 0 aromatic heterocycles. The van der Waals surface area contributed by atoms with Crippen LogP contribution in [0.15, 0.2) is 0 Å². The van der Waals surface area contributed by atoms with Crippen LogP contribution in [0.2, 0.25) is 0 Å². The van der Waals surface area contributed by atoms with E-state index >= 15 is 0 Å². The molecule has 0 aromatic rings. The van der Waals surface area contributed by atoms with E-state index < -0.39 is 0 Å². The number of primary amides is 1. The van der Waals surface area contributed by atoms with Gasteiger partial charge in [-0.2, -0.15) is 0 Å². The normalized spacial score (nSPS) is 26.8. The van der Waals surface area contributed by atoms with Crippen molar-refractivity contribution in [3.63, 3.8) is 0 Å². The van der Waals surface area contributed by atoms with E-state index in [1.54, 1.807) is 4.90 Å². The van der Waals surface area contributed by atoms with Gasteiger partial charge >= 0.3 is 0 Å². The van der Waals surface area contributed by atoms with Gasteiger partial charge in [-0.15, -0.1) is 0 Å². The molecule has 0 bridgehead atoms. The number of carbonyl (C=O) groups is 2. The number of likely N-dealkylation sites (tertiary alicyclic amines) is 1. The second-order valence-electron chi connectivity index (χ2n) is 4.97. The van der Waals surface area contributed by atoms with Gasteiger partial charge in [0.1, 0.15) is 6.04 Å². The number of nitrogens with two attached hydrogens (primary N) is 1. The molecule has 2 aliphatic heterocycles. The lowest BCUT2D eigenvalue weighted by atomic mass is 9.93. The van der Waals surface area contributed by atoms with E-state index in [1.165, 1.54) is 0 Å². The quantitative estimate of drug-likeness (QED) is 0.704. The zero-order valence-electron chi connectivity index (χ0n) is 10.2. The highest BCUT2D eigenvalue weighted by molar-refractivity contribution is 5.87. The molecule has 0 aromatic carbocycles. The highest BCUT2D eigenvalue weighted by atomic mass is 16.2. The Morgan fingerprint density at radius 2 is 1.82 bits per heavy atom. The molecule has 1 atom stereocenters. The Morgan fingerprint density at radius 1 is 1.12 bits per heavy atom. The van der Waals surface area contributed by atoms with Crippen LogP contribution in [0.5, 0.6) is 0 Å². The Bertz CT molecular complexity index is 300. The largest absolute Gasteiger partial charge is 0.368 e. The number of nitrogens with zero attached hydrogens (tertiary/aromatic N) is 1. The van der Waals surface area contributed by atoms with Gasteiger partial charge in [-0.1, -0.05) is 0 Å². The molecule has 0 aliphatic carbocycles. The monoisotopic (exact) mass is 239 g/mol. The van der Waals surface area contributed by atoms with Crippen molar-refractivity contribution in [3.8, 4) is 0 Å². The lowest BCUT2D eigenvalue weighted by Gasteiger charge is -2.37. The molecule has 17 heavy (non-hydrogen) atoms. The van der Waals surface area contributed by atoms with Crippen LogP contribution in [0.1, 0.15) is 32.1 Å². The van der Waals surface area contributed by atoms with Gasteiger partial charge in [0, 0.05) is 12.5 Å². The summed E-state index contributed by atoms with van der Waals surface area (Å²) < 4.78 is 0. The third kappa shape index (κ3) is 2.77. The zero-order chi connectivity index (χ0) is 12.3. The molecule has 2 heterocycles. The molecule has 2 aliphatic rings. The minimum Gasteiger partial charge on any atom is -0.368 e.